The fourth-order valence-corrected chi connectivity index (χ4v) is 1.52. The molecule has 0 amide bonds. The van der Waals surface area contributed by atoms with E-state index in [1.165, 1.54) is 4.52 Å². The van der Waals surface area contributed by atoms with Gasteiger partial charge in [-0.3, -0.25) is 14.6 Å². The second kappa shape index (κ2) is 3.60. The zero-order chi connectivity index (χ0) is 11.9. The van der Waals surface area contributed by atoms with Crippen LogP contribution in [0.3, 0.4) is 0 Å². The lowest BCUT2D eigenvalue weighted by Crippen LogP contribution is -2.24. The standard InChI is InChI=1S/C8H8ClN5O2/c1-3-11-8-12-7(16)5(4(15)2-9)6(10)14(8)13-3/h2,10H2,1H3,(H,11,12,13,16). The minimum Gasteiger partial charge on any atom is -0.383 e. The molecule has 0 spiro atoms. The van der Waals surface area contributed by atoms with Crippen molar-refractivity contribution in [2.45, 2.75) is 6.92 Å². The number of nitrogens with zero attached hydrogens (tertiary/aromatic N) is 3. The zero-order valence-corrected chi connectivity index (χ0v) is 9.08. The lowest BCUT2D eigenvalue weighted by Gasteiger charge is -2.02. The summed E-state index contributed by atoms with van der Waals surface area (Å²) in [5, 5.41) is 3.95. The van der Waals surface area contributed by atoms with E-state index in [1.54, 1.807) is 6.92 Å². The van der Waals surface area contributed by atoms with Crippen LogP contribution in [0.1, 0.15) is 16.2 Å². The molecule has 0 aliphatic heterocycles. The first-order valence-corrected chi connectivity index (χ1v) is 4.92. The average molecular weight is 242 g/mol. The number of fused-ring (bicyclic) bond motifs is 1. The van der Waals surface area contributed by atoms with Crippen molar-refractivity contribution in [3.63, 3.8) is 0 Å². The van der Waals surface area contributed by atoms with E-state index < -0.39 is 11.3 Å². The molecule has 7 nitrogen and oxygen atoms in total. The van der Waals surface area contributed by atoms with Crippen LogP contribution in [-0.2, 0) is 0 Å². The van der Waals surface area contributed by atoms with Crippen LogP contribution in [0.25, 0.3) is 5.78 Å². The van der Waals surface area contributed by atoms with Gasteiger partial charge in [-0.15, -0.1) is 16.7 Å². The molecule has 0 unspecified atom stereocenters. The molecule has 2 aromatic heterocycles. The van der Waals surface area contributed by atoms with Gasteiger partial charge in [0.2, 0.25) is 5.78 Å². The van der Waals surface area contributed by atoms with Crippen LogP contribution in [0.5, 0.6) is 0 Å². The second-order valence-corrected chi connectivity index (χ2v) is 3.43. The molecule has 0 saturated carbocycles. The van der Waals surface area contributed by atoms with Crippen molar-refractivity contribution >= 4 is 29.0 Å². The van der Waals surface area contributed by atoms with E-state index in [0.29, 0.717) is 5.82 Å². The van der Waals surface area contributed by atoms with E-state index >= 15 is 0 Å². The van der Waals surface area contributed by atoms with Crippen LogP contribution in [0.2, 0.25) is 0 Å². The molecule has 0 radical (unpaired) electrons. The molecule has 2 aromatic rings. The van der Waals surface area contributed by atoms with Gasteiger partial charge < -0.3 is 5.73 Å². The minimum absolute atomic E-state index is 0.0509. The molecular formula is C8H8ClN5O2. The van der Waals surface area contributed by atoms with Gasteiger partial charge in [0.15, 0.2) is 5.78 Å². The maximum absolute atomic E-state index is 11.6. The van der Waals surface area contributed by atoms with E-state index in [-0.39, 0.29) is 23.0 Å². The van der Waals surface area contributed by atoms with Crippen molar-refractivity contribution in [3.05, 3.63) is 21.7 Å². The summed E-state index contributed by atoms with van der Waals surface area (Å²) in [5.41, 5.74) is 4.87. The molecular weight excluding hydrogens is 234 g/mol. The van der Waals surface area contributed by atoms with Crippen molar-refractivity contribution in [3.8, 4) is 0 Å². The maximum Gasteiger partial charge on any atom is 0.265 e. The van der Waals surface area contributed by atoms with E-state index in [4.69, 9.17) is 17.3 Å². The van der Waals surface area contributed by atoms with Crippen molar-refractivity contribution in [2.75, 3.05) is 11.6 Å². The van der Waals surface area contributed by atoms with E-state index in [0.717, 1.165) is 0 Å². The zero-order valence-electron chi connectivity index (χ0n) is 8.32. The molecule has 84 valence electrons. The fraction of sp³-hybridized carbons (Fsp3) is 0.250. The first-order valence-electron chi connectivity index (χ1n) is 4.39. The Bertz CT molecular complexity index is 629. The largest absolute Gasteiger partial charge is 0.383 e. The van der Waals surface area contributed by atoms with Gasteiger partial charge in [0.05, 0.1) is 5.88 Å². The number of anilines is 1. The summed E-state index contributed by atoms with van der Waals surface area (Å²) in [6.45, 7) is 1.65. The predicted octanol–water partition coefficient (Wildman–Crippen LogP) is -0.270. The second-order valence-electron chi connectivity index (χ2n) is 3.17. The summed E-state index contributed by atoms with van der Waals surface area (Å²) in [7, 11) is 0. The van der Waals surface area contributed by atoms with Gasteiger partial charge in [0.25, 0.3) is 5.56 Å². The molecule has 0 bridgehead atoms. The number of aryl methyl sites for hydroxylation is 1. The smallest absolute Gasteiger partial charge is 0.265 e. The quantitative estimate of drug-likeness (QED) is 0.556. The molecule has 0 atom stereocenters. The Morgan fingerprint density at radius 1 is 1.62 bits per heavy atom. The summed E-state index contributed by atoms with van der Waals surface area (Å²) < 4.78 is 1.20. The Hall–Kier alpha value is -1.89. The Kier molecular flexibility index (Phi) is 2.39. The number of aromatic amines is 1. The van der Waals surface area contributed by atoms with Crippen molar-refractivity contribution in [1.29, 1.82) is 0 Å². The first kappa shape index (κ1) is 10.6. The van der Waals surface area contributed by atoms with Gasteiger partial charge in [-0.25, -0.2) is 0 Å². The third-order valence-corrected chi connectivity index (χ3v) is 2.29. The number of hydrogen-bond donors (Lipinski definition) is 2. The minimum atomic E-state index is -0.608. The van der Waals surface area contributed by atoms with Gasteiger partial charge in [0.1, 0.15) is 17.2 Å². The van der Waals surface area contributed by atoms with Crippen LogP contribution >= 0.6 is 11.6 Å². The van der Waals surface area contributed by atoms with Crippen molar-refractivity contribution in [1.82, 2.24) is 19.6 Å². The SMILES string of the molecule is Cc1nc2[nH]c(=O)c(C(=O)CCl)c(N)n2n1. The van der Waals surface area contributed by atoms with Gasteiger partial charge in [-0.2, -0.15) is 9.50 Å². The van der Waals surface area contributed by atoms with Gasteiger partial charge >= 0.3 is 0 Å². The molecule has 0 fully saturated rings. The highest BCUT2D eigenvalue weighted by molar-refractivity contribution is 6.31. The van der Waals surface area contributed by atoms with Crippen LogP contribution < -0.4 is 11.3 Å². The Morgan fingerprint density at radius 2 is 2.31 bits per heavy atom. The van der Waals surface area contributed by atoms with Crippen LogP contribution in [0.15, 0.2) is 4.79 Å². The molecule has 16 heavy (non-hydrogen) atoms. The Labute approximate surface area is 94.2 Å². The topological polar surface area (TPSA) is 106 Å². The molecule has 0 aromatic carbocycles. The molecule has 0 aliphatic rings. The number of nitrogens with two attached hydrogens (primary N) is 1. The van der Waals surface area contributed by atoms with Crippen LogP contribution in [0.4, 0.5) is 5.82 Å². The summed E-state index contributed by atoms with van der Waals surface area (Å²) in [5.74, 6) is -0.267. The van der Waals surface area contributed by atoms with Gasteiger partial charge in [-0.1, -0.05) is 0 Å². The maximum atomic E-state index is 11.6. The number of alkyl halides is 1. The van der Waals surface area contributed by atoms with E-state index in [2.05, 4.69) is 15.1 Å². The first-order chi connectivity index (χ1) is 7.54. The number of hydrogen-bond acceptors (Lipinski definition) is 5. The number of nitrogen functional groups attached to an aromatic ring is 1. The fourth-order valence-electron chi connectivity index (χ4n) is 1.39. The molecule has 0 saturated heterocycles. The normalized spacial score (nSPS) is 10.9. The summed E-state index contributed by atoms with van der Waals surface area (Å²) in [6, 6.07) is 0. The van der Waals surface area contributed by atoms with E-state index in [9.17, 15) is 9.59 Å². The number of carbonyl (C=O) groups excluding carboxylic acids is 1. The lowest BCUT2D eigenvalue weighted by atomic mass is 10.2. The molecule has 0 aliphatic carbocycles. The number of ketones is 1. The summed E-state index contributed by atoms with van der Waals surface area (Å²) in [4.78, 5) is 29.3. The van der Waals surface area contributed by atoms with E-state index in [1.807, 2.05) is 0 Å². The van der Waals surface area contributed by atoms with Crippen molar-refractivity contribution < 1.29 is 4.79 Å². The molecule has 8 heteroatoms. The Morgan fingerprint density at radius 3 is 2.94 bits per heavy atom. The van der Waals surface area contributed by atoms with Crippen molar-refractivity contribution in [2.24, 2.45) is 0 Å². The predicted molar refractivity (Wildman–Crippen MR) is 57.8 cm³/mol. The lowest BCUT2D eigenvalue weighted by molar-refractivity contribution is 0.102. The van der Waals surface area contributed by atoms with Crippen LogP contribution in [-0.4, -0.2) is 31.2 Å². The number of aromatic nitrogens is 4. The van der Waals surface area contributed by atoms with Crippen LogP contribution in [0, 0.1) is 6.92 Å². The third kappa shape index (κ3) is 1.45. The third-order valence-electron chi connectivity index (χ3n) is 2.05. The number of Topliss-reactive ketones (excluding diaryl/α,β-unsaturated/α-hetero) is 1. The number of halogens is 1. The van der Waals surface area contributed by atoms with Gasteiger partial charge in [-0.05, 0) is 6.92 Å². The number of carbonyl (C=O) groups is 1. The summed E-state index contributed by atoms with van der Waals surface area (Å²) in [6.07, 6.45) is 0. The highest BCUT2D eigenvalue weighted by atomic mass is 35.5. The monoisotopic (exact) mass is 241 g/mol. The number of nitrogens with one attached hydrogen (secondary N) is 1. The number of rotatable bonds is 2. The average Bonchev–Trinajstić information content (AvgIpc) is 2.58. The molecule has 3 N–H and O–H groups in total. The highest BCUT2D eigenvalue weighted by Crippen LogP contribution is 2.09. The summed E-state index contributed by atoms with van der Waals surface area (Å²) >= 11 is 5.38. The molecule has 2 rings (SSSR count). The number of H-pyrrole nitrogens is 1. The van der Waals surface area contributed by atoms with Gasteiger partial charge in [0, 0.05) is 0 Å². The molecule has 2 heterocycles. The Balaban J connectivity index is 2.85. The highest BCUT2D eigenvalue weighted by Gasteiger charge is 2.18.